The maximum absolute atomic E-state index is 11.8. The molecule has 1 aromatic carbocycles. The molecule has 0 heterocycles. The Morgan fingerprint density at radius 2 is 2.35 bits per heavy atom. The summed E-state index contributed by atoms with van der Waals surface area (Å²) in [5.41, 5.74) is -0.146. The van der Waals surface area contributed by atoms with Crippen molar-refractivity contribution in [1.82, 2.24) is 5.32 Å². The van der Waals surface area contributed by atoms with Crippen LogP contribution in [0, 0.1) is 32.2 Å². The van der Waals surface area contributed by atoms with E-state index in [0.29, 0.717) is 0 Å². The maximum Gasteiger partial charge on any atom is 0.270 e. The molecule has 102 valence electrons. The van der Waals surface area contributed by atoms with Gasteiger partial charge in [0.1, 0.15) is 12.7 Å². The third kappa shape index (κ3) is 4.69. The number of non-ortho nitro benzene ring substituents is 1. The Balaban J connectivity index is 2.74. The number of nitriles is 1. The largest absolute Gasteiger partial charge is 0.332 e. The summed E-state index contributed by atoms with van der Waals surface area (Å²) < 4.78 is 4.97. The van der Waals surface area contributed by atoms with Gasteiger partial charge in [-0.2, -0.15) is 5.26 Å². The first-order valence-electron chi connectivity index (χ1n) is 5.23. The summed E-state index contributed by atoms with van der Waals surface area (Å²) in [6, 6.07) is 6.88. The molecule has 1 atom stereocenters. The Morgan fingerprint density at radius 3 is 2.95 bits per heavy atom. The van der Waals surface area contributed by atoms with E-state index in [9.17, 15) is 14.9 Å². The van der Waals surface area contributed by atoms with Crippen molar-refractivity contribution in [2.24, 2.45) is 0 Å². The lowest BCUT2D eigenvalue weighted by Crippen LogP contribution is -2.35. The number of nitro groups is 1. The van der Waals surface area contributed by atoms with Gasteiger partial charge in [-0.3, -0.25) is 14.9 Å². The van der Waals surface area contributed by atoms with Crippen molar-refractivity contribution in [1.29, 1.82) is 5.26 Å². The van der Waals surface area contributed by atoms with Crippen LogP contribution in [-0.4, -0.2) is 23.7 Å². The van der Waals surface area contributed by atoms with Crippen LogP contribution >= 0.6 is 15.9 Å². The maximum atomic E-state index is 11.8. The van der Waals surface area contributed by atoms with Crippen molar-refractivity contribution < 1.29 is 14.5 Å². The summed E-state index contributed by atoms with van der Waals surface area (Å²) in [6.45, 7) is -0.0430. The molecule has 1 N–H and O–H groups in total. The van der Waals surface area contributed by atoms with Crippen molar-refractivity contribution in [3.8, 4) is 16.8 Å². The van der Waals surface area contributed by atoms with E-state index in [4.69, 9.17) is 10.00 Å². The van der Waals surface area contributed by atoms with Crippen molar-refractivity contribution >= 4 is 27.5 Å². The molecule has 0 bridgehead atoms. The van der Waals surface area contributed by atoms with Crippen LogP contribution in [0.5, 0.6) is 0 Å². The number of nitrogens with one attached hydrogen (secondary N) is 1. The zero-order valence-electron chi connectivity index (χ0n) is 10.00. The van der Waals surface area contributed by atoms with Crippen LogP contribution in [0.3, 0.4) is 0 Å². The minimum absolute atomic E-state index is 0.0430. The highest BCUT2D eigenvalue weighted by Gasteiger charge is 2.15. The fourth-order valence-electron chi connectivity index (χ4n) is 1.23. The Labute approximate surface area is 122 Å². The zero-order chi connectivity index (χ0) is 15.0. The molecular formula is C12H8BrN3O4. The number of ether oxygens (including phenoxy) is 1. The standard InChI is InChI=1S/C12H8BrN3O4/c13-5-2-6-20-11(8-14)15-12(17)9-3-1-4-10(7-9)16(18)19/h1,3-4,7,11H,6H2,(H,15,17). The molecule has 8 heteroatoms. The van der Waals surface area contributed by atoms with Gasteiger partial charge >= 0.3 is 0 Å². The molecule has 1 aromatic rings. The predicted molar refractivity (Wildman–Crippen MR) is 72.6 cm³/mol. The zero-order valence-corrected chi connectivity index (χ0v) is 11.6. The second-order valence-electron chi connectivity index (χ2n) is 3.37. The van der Waals surface area contributed by atoms with Gasteiger partial charge in [0, 0.05) is 33.6 Å². The molecule has 0 aliphatic rings. The number of halogens is 1. The molecule has 20 heavy (non-hydrogen) atoms. The molecule has 0 aromatic heterocycles. The fourth-order valence-corrected chi connectivity index (χ4v) is 1.34. The number of carbonyl (C=O) groups is 1. The summed E-state index contributed by atoms with van der Waals surface area (Å²) in [5.74, 6) is 1.86. The van der Waals surface area contributed by atoms with Crippen molar-refractivity contribution in [2.45, 2.75) is 6.23 Å². The Morgan fingerprint density at radius 1 is 1.60 bits per heavy atom. The van der Waals surface area contributed by atoms with Gasteiger partial charge in [0.15, 0.2) is 0 Å². The lowest BCUT2D eigenvalue weighted by atomic mass is 10.2. The quantitative estimate of drug-likeness (QED) is 0.379. The lowest BCUT2D eigenvalue weighted by molar-refractivity contribution is -0.384. The lowest BCUT2D eigenvalue weighted by Gasteiger charge is -2.10. The SMILES string of the molecule is N#CC(NC(=O)c1cccc([N+](=O)[O-])c1)OCC#CBr. The van der Waals surface area contributed by atoms with Crippen LogP contribution in [-0.2, 0) is 4.74 Å². The van der Waals surface area contributed by atoms with Crippen molar-refractivity contribution in [3.63, 3.8) is 0 Å². The van der Waals surface area contributed by atoms with Crippen LogP contribution in [0.4, 0.5) is 5.69 Å². The van der Waals surface area contributed by atoms with E-state index in [1.54, 1.807) is 6.07 Å². The van der Waals surface area contributed by atoms with Gasteiger partial charge in [-0.05, 0) is 10.9 Å². The number of hydrogen-bond donors (Lipinski definition) is 1. The first-order chi connectivity index (χ1) is 9.58. The van der Waals surface area contributed by atoms with Crippen LogP contribution in [0.2, 0.25) is 0 Å². The number of nitro benzene ring substituents is 1. The molecule has 0 saturated carbocycles. The summed E-state index contributed by atoms with van der Waals surface area (Å²) in [5, 5.41) is 21.7. The molecule has 0 radical (unpaired) electrons. The normalized spacial score (nSPS) is 10.6. The summed E-state index contributed by atoms with van der Waals surface area (Å²) >= 11 is 2.86. The van der Waals surface area contributed by atoms with Gasteiger partial charge in [-0.15, -0.1) is 0 Å². The molecule has 0 saturated heterocycles. The highest BCUT2D eigenvalue weighted by Crippen LogP contribution is 2.13. The minimum Gasteiger partial charge on any atom is -0.332 e. The van der Waals surface area contributed by atoms with E-state index in [1.165, 1.54) is 18.2 Å². The van der Waals surface area contributed by atoms with Gasteiger partial charge in [-0.25, -0.2) is 0 Å². The van der Waals surface area contributed by atoms with E-state index in [2.05, 4.69) is 32.0 Å². The third-order valence-electron chi connectivity index (χ3n) is 2.09. The highest BCUT2D eigenvalue weighted by atomic mass is 79.9. The molecule has 0 spiro atoms. The van der Waals surface area contributed by atoms with Crippen molar-refractivity contribution in [2.75, 3.05) is 6.61 Å². The summed E-state index contributed by atoms with van der Waals surface area (Å²) in [7, 11) is 0. The molecule has 1 rings (SSSR count). The topological polar surface area (TPSA) is 105 Å². The van der Waals surface area contributed by atoms with E-state index in [1.807, 2.05) is 0 Å². The van der Waals surface area contributed by atoms with Crippen LogP contribution in [0.25, 0.3) is 0 Å². The first-order valence-corrected chi connectivity index (χ1v) is 6.03. The van der Waals surface area contributed by atoms with Gasteiger partial charge in [-0.1, -0.05) is 12.0 Å². The molecule has 0 aliphatic heterocycles. The Hall–Kier alpha value is -2.42. The van der Waals surface area contributed by atoms with E-state index in [-0.39, 0.29) is 17.9 Å². The van der Waals surface area contributed by atoms with Crippen molar-refractivity contribution in [3.05, 3.63) is 39.9 Å². The molecule has 1 unspecified atom stereocenters. The van der Waals surface area contributed by atoms with Crippen LogP contribution in [0.15, 0.2) is 24.3 Å². The average Bonchev–Trinajstić information content (AvgIpc) is 2.46. The van der Waals surface area contributed by atoms with Crippen LogP contribution in [0.1, 0.15) is 10.4 Å². The summed E-state index contributed by atoms with van der Waals surface area (Å²) in [6.07, 6.45) is -1.19. The molecule has 0 fully saturated rings. The molecular weight excluding hydrogens is 330 g/mol. The second-order valence-corrected chi connectivity index (χ2v) is 3.77. The number of hydrogen-bond acceptors (Lipinski definition) is 5. The van der Waals surface area contributed by atoms with E-state index >= 15 is 0 Å². The molecule has 1 amide bonds. The number of nitrogens with zero attached hydrogens (tertiary/aromatic N) is 2. The number of rotatable bonds is 5. The van der Waals surface area contributed by atoms with Gasteiger partial charge in [0.25, 0.3) is 11.6 Å². The fraction of sp³-hybridized carbons (Fsp3) is 0.167. The predicted octanol–water partition coefficient (Wildman–Crippen LogP) is 1.55. The molecule has 0 aliphatic carbocycles. The first kappa shape index (κ1) is 15.6. The smallest absolute Gasteiger partial charge is 0.270 e. The van der Waals surface area contributed by atoms with Gasteiger partial charge < -0.3 is 10.1 Å². The van der Waals surface area contributed by atoms with E-state index < -0.39 is 17.1 Å². The highest BCUT2D eigenvalue weighted by molar-refractivity contribution is 9.12. The number of benzene rings is 1. The van der Waals surface area contributed by atoms with Crippen LogP contribution < -0.4 is 5.32 Å². The van der Waals surface area contributed by atoms with Gasteiger partial charge in [0.2, 0.25) is 6.23 Å². The van der Waals surface area contributed by atoms with Gasteiger partial charge in [0.05, 0.1) is 4.92 Å². The Kier molecular flexibility index (Phi) is 6.17. The average molecular weight is 338 g/mol. The summed E-state index contributed by atoms with van der Waals surface area (Å²) in [4.78, 5) is 24.2. The number of carbonyl (C=O) groups excluding carboxylic acids is 1. The minimum atomic E-state index is -1.19. The number of amides is 1. The molecule has 7 nitrogen and oxygen atoms in total. The third-order valence-corrected chi connectivity index (χ3v) is 2.37. The monoisotopic (exact) mass is 337 g/mol. The Bertz CT molecular complexity index is 615. The second kappa shape index (κ2) is 7.89. The van der Waals surface area contributed by atoms with E-state index in [0.717, 1.165) is 6.07 Å².